The van der Waals surface area contributed by atoms with E-state index in [4.69, 9.17) is 9.47 Å². The number of para-hydroxylation sites is 1. The number of anilines is 1. The summed E-state index contributed by atoms with van der Waals surface area (Å²) in [6, 6.07) is 15.1. The van der Waals surface area contributed by atoms with Crippen LogP contribution in [0.5, 0.6) is 11.5 Å². The number of aryl methyl sites for hydroxylation is 1. The molecule has 3 aromatic rings. The standard InChI is InChI=1S/C22H24N2O3/c1-3-4-14-26-20-12-11-18(17-9-7-13-23-22(17)20)24-21(25)15-27-19-10-6-5-8-16(19)2/h5-13H,3-4,14-15H2,1-2H3,(H,24,25). The lowest BCUT2D eigenvalue weighted by Crippen LogP contribution is -2.20. The number of aromatic nitrogens is 1. The average molecular weight is 364 g/mol. The third-order valence-corrected chi connectivity index (χ3v) is 4.21. The number of fused-ring (bicyclic) bond motifs is 1. The maximum absolute atomic E-state index is 12.3. The number of ether oxygens (including phenoxy) is 2. The van der Waals surface area contributed by atoms with Crippen LogP contribution in [-0.4, -0.2) is 24.1 Å². The molecule has 2 aromatic carbocycles. The van der Waals surface area contributed by atoms with Crippen LogP contribution in [0.2, 0.25) is 0 Å². The van der Waals surface area contributed by atoms with Gasteiger partial charge in [-0.3, -0.25) is 9.78 Å². The first-order chi connectivity index (χ1) is 13.2. The number of unbranched alkanes of at least 4 members (excludes halogenated alkanes) is 1. The molecular weight excluding hydrogens is 340 g/mol. The van der Waals surface area contributed by atoms with Gasteiger partial charge in [-0.25, -0.2) is 0 Å². The predicted octanol–water partition coefficient (Wildman–Crippen LogP) is 4.74. The molecule has 0 fully saturated rings. The van der Waals surface area contributed by atoms with Crippen molar-refractivity contribution >= 4 is 22.5 Å². The third kappa shape index (κ3) is 4.76. The summed E-state index contributed by atoms with van der Waals surface area (Å²) in [6.45, 7) is 4.67. The Morgan fingerprint density at radius 1 is 1.04 bits per heavy atom. The van der Waals surface area contributed by atoms with Crippen molar-refractivity contribution in [3.8, 4) is 11.5 Å². The first kappa shape index (κ1) is 18.7. The van der Waals surface area contributed by atoms with Gasteiger partial charge in [-0.2, -0.15) is 0 Å². The normalized spacial score (nSPS) is 10.6. The molecule has 1 aromatic heterocycles. The van der Waals surface area contributed by atoms with E-state index in [2.05, 4.69) is 17.2 Å². The second-order valence-corrected chi connectivity index (χ2v) is 6.32. The molecule has 0 radical (unpaired) electrons. The number of carbonyl (C=O) groups excluding carboxylic acids is 1. The molecule has 27 heavy (non-hydrogen) atoms. The van der Waals surface area contributed by atoms with Gasteiger partial charge in [0.25, 0.3) is 5.91 Å². The van der Waals surface area contributed by atoms with E-state index in [0.29, 0.717) is 18.0 Å². The number of hydrogen-bond donors (Lipinski definition) is 1. The van der Waals surface area contributed by atoms with Gasteiger partial charge in [0.05, 0.1) is 12.3 Å². The molecule has 0 aliphatic carbocycles. The fraction of sp³-hybridized carbons (Fsp3) is 0.273. The van der Waals surface area contributed by atoms with E-state index < -0.39 is 0 Å². The van der Waals surface area contributed by atoms with Gasteiger partial charge in [-0.1, -0.05) is 31.5 Å². The molecule has 1 N–H and O–H groups in total. The van der Waals surface area contributed by atoms with Gasteiger partial charge in [-0.15, -0.1) is 0 Å². The molecule has 0 unspecified atom stereocenters. The lowest BCUT2D eigenvalue weighted by Gasteiger charge is -2.13. The highest BCUT2D eigenvalue weighted by molar-refractivity contribution is 6.03. The molecule has 5 heteroatoms. The van der Waals surface area contributed by atoms with Crippen molar-refractivity contribution in [1.82, 2.24) is 4.98 Å². The van der Waals surface area contributed by atoms with Gasteiger partial charge in [-0.05, 0) is 49.2 Å². The lowest BCUT2D eigenvalue weighted by atomic mass is 10.1. The Labute approximate surface area is 159 Å². The second-order valence-electron chi connectivity index (χ2n) is 6.32. The number of hydrogen-bond acceptors (Lipinski definition) is 4. The van der Waals surface area contributed by atoms with Gasteiger partial charge in [0, 0.05) is 11.6 Å². The Hall–Kier alpha value is -3.08. The van der Waals surface area contributed by atoms with Gasteiger partial charge in [0.2, 0.25) is 0 Å². The van der Waals surface area contributed by atoms with E-state index in [1.54, 1.807) is 6.20 Å². The van der Waals surface area contributed by atoms with Crippen LogP contribution < -0.4 is 14.8 Å². The Bertz CT molecular complexity index is 924. The van der Waals surface area contributed by atoms with Crippen LogP contribution in [0.4, 0.5) is 5.69 Å². The van der Waals surface area contributed by atoms with E-state index in [1.165, 1.54) is 0 Å². The van der Waals surface area contributed by atoms with Gasteiger partial charge < -0.3 is 14.8 Å². The van der Waals surface area contributed by atoms with Crippen molar-refractivity contribution in [2.24, 2.45) is 0 Å². The fourth-order valence-electron chi connectivity index (χ4n) is 2.75. The second kappa shape index (κ2) is 9.03. The quantitative estimate of drug-likeness (QED) is 0.587. The average Bonchev–Trinajstić information content (AvgIpc) is 2.69. The molecule has 5 nitrogen and oxygen atoms in total. The molecule has 0 saturated heterocycles. The molecule has 0 aliphatic rings. The van der Waals surface area contributed by atoms with Crippen molar-refractivity contribution in [1.29, 1.82) is 0 Å². The van der Waals surface area contributed by atoms with Crippen molar-refractivity contribution in [2.75, 3.05) is 18.5 Å². The number of nitrogens with one attached hydrogen (secondary N) is 1. The Morgan fingerprint density at radius 2 is 1.89 bits per heavy atom. The van der Waals surface area contributed by atoms with E-state index in [9.17, 15) is 4.79 Å². The summed E-state index contributed by atoms with van der Waals surface area (Å²) >= 11 is 0. The van der Waals surface area contributed by atoms with Crippen molar-refractivity contribution < 1.29 is 14.3 Å². The number of nitrogens with zero attached hydrogens (tertiary/aromatic N) is 1. The molecule has 0 atom stereocenters. The minimum Gasteiger partial charge on any atom is -0.491 e. The zero-order chi connectivity index (χ0) is 19.1. The summed E-state index contributed by atoms with van der Waals surface area (Å²) in [6.07, 6.45) is 3.78. The maximum Gasteiger partial charge on any atom is 0.262 e. The van der Waals surface area contributed by atoms with E-state index >= 15 is 0 Å². The van der Waals surface area contributed by atoms with Gasteiger partial charge in [0.1, 0.15) is 17.0 Å². The fourth-order valence-corrected chi connectivity index (χ4v) is 2.75. The monoisotopic (exact) mass is 364 g/mol. The maximum atomic E-state index is 12.3. The molecule has 3 rings (SSSR count). The summed E-state index contributed by atoms with van der Waals surface area (Å²) in [5.74, 6) is 1.22. The topological polar surface area (TPSA) is 60.5 Å². The zero-order valence-electron chi connectivity index (χ0n) is 15.7. The van der Waals surface area contributed by atoms with Crippen molar-refractivity contribution in [3.63, 3.8) is 0 Å². The molecule has 1 amide bonds. The first-order valence-electron chi connectivity index (χ1n) is 9.18. The van der Waals surface area contributed by atoms with Gasteiger partial charge in [0.15, 0.2) is 6.61 Å². The SMILES string of the molecule is CCCCOc1ccc(NC(=O)COc2ccccc2C)c2cccnc12. The van der Waals surface area contributed by atoms with E-state index in [0.717, 1.165) is 35.1 Å². The smallest absolute Gasteiger partial charge is 0.262 e. The van der Waals surface area contributed by atoms with Crippen LogP contribution in [-0.2, 0) is 4.79 Å². The molecule has 0 spiro atoms. The van der Waals surface area contributed by atoms with Crippen LogP contribution in [0.3, 0.4) is 0 Å². The van der Waals surface area contributed by atoms with Crippen LogP contribution >= 0.6 is 0 Å². The Balaban J connectivity index is 1.72. The molecule has 0 bridgehead atoms. The number of carbonyl (C=O) groups is 1. The highest BCUT2D eigenvalue weighted by Gasteiger charge is 2.11. The van der Waals surface area contributed by atoms with Crippen LogP contribution in [0.1, 0.15) is 25.3 Å². The lowest BCUT2D eigenvalue weighted by molar-refractivity contribution is -0.118. The number of rotatable bonds is 8. The molecule has 140 valence electrons. The molecule has 0 saturated carbocycles. The summed E-state index contributed by atoms with van der Waals surface area (Å²) < 4.78 is 11.5. The van der Waals surface area contributed by atoms with Gasteiger partial charge >= 0.3 is 0 Å². The number of pyridine rings is 1. The largest absolute Gasteiger partial charge is 0.491 e. The predicted molar refractivity (Wildman–Crippen MR) is 107 cm³/mol. The first-order valence-corrected chi connectivity index (χ1v) is 9.18. The van der Waals surface area contributed by atoms with Crippen LogP contribution in [0.15, 0.2) is 54.7 Å². The molecule has 0 aliphatic heterocycles. The molecular formula is C22H24N2O3. The minimum atomic E-state index is -0.219. The summed E-state index contributed by atoms with van der Waals surface area (Å²) in [5, 5.41) is 3.75. The third-order valence-electron chi connectivity index (χ3n) is 4.21. The van der Waals surface area contributed by atoms with Crippen LogP contribution in [0.25, 0.3) is 10.9 Å². The van der Waals surface area contributed by atoms with Crippen molar-refractivity contribution in [3.05, 3.63) is 60.3 Å². The molecule has 1 heterocycles. The summed E-state index contributed by atoms with van der Waals surface area (Å²) in [5.41, 5.74) is 2.43. The summed E-state index contributed by atoms with van der Waals surface area (Å²) in [7, 11) is 0. The van der Waals surface area contributed by atoms with Crippen LogP contribution in [0, 0.1) is 6.92 Å². The number of benzene rings is 2. The highest BCUT2D eigenvalue weighted by Crippen LogP contribution is 2.30. The van der Waals surface area contributed by atoms with Crippen molar-refractivity contribution in [2.45, 2.75) is 26.7 Å². The Kier molecular flexibility index (Phi) is 6.26. The number of amides is 1. The zero-order valence-corrected chi connectivity index (χ0v) is 15.7. The van der Waals surface area contributed by atoms with E-state index in [1.807, 2.05) is 55.5 Å². The minimum absolute atomic E-state index is 0.0542. The highest BCUT2D eigenvalue weighted by atomic mass is 16.5. The summed E-state index contributed by atoms with van der Waals surface area (Å²) in [4.78, 5) is 16.8. The Morgan fingerprint density at radius 3 is 2.70 bits per heavy atom. The van der Waals surface area contributed by atoms with E-state index in [-0.39, 0.29) is 12.5 Å².